The summed E-state index contributed by atoms with van der Waals surface area (Å²) in [6.07, 6.45) is 1.74. The molecule has 0 spiro atoms. The molecule has 0 atom stereocenters. The lowest BCUT2D eigenvalue weighted by atomic mass is 10.3. The van der Waals surface area contributed by atoms with E-state index in [0.717, 1.165) is 12.8 Å². The average molecular weight is 444 g/mol. The van der Waals surface area contributed by atoms with Crippen LogP contribution in [-0.4, -0.2) is 31.7 Å². The highest BCUT2D eigenvalue weighted by Gasteiger charge is 2.27. The number of halogens is 1. The lowest BCUT2D eigenvalue weighted by molar-refractivity contribution is 0.0992. The van der Waals surface area contributed by atoms with Crippen molar-refractivity contribution in [3.63, 3.8) is 0 Å². The number of furan rings is 1. The second kappa shape index (κ2) is 8.91. The molecule has 1 fully saturated rings. The lowest BCUT2D eigenvalue weighted by Crippen LogP contribution is -2.27. The molecule has 0 bridgehead atoms. The van der Waals surface area contributed by atoms with E-state index in [-0.39, 0.29) is 23.1 Å². The monoisotopic (exact) mass is 444 g/mol. The van der Waals surface area contributed by atoms with E-state index in [1.54, 1.807) is 18.2 Å². The van der Waals surface area contributed by atoms with Crippen LogP contribution in [0, 0.1) is 5.82 Å². The molecule has 1 saturated heterocycles. The Hall–Kier alpha value is -3.17. The smallest absolute Gasteiger partial charge is 0.291 e. The number of carbonyl (C=O) groups excluding carboxylic acids is 1. The van der Waals surface area contributed by atoms with Gasteiger partial charge in [0, 0.05) is 18.8 Å². The van der Waals surface area contributed by atoms with Crippen molar-refractivity contribution >= 4 is 21.6 Å². The minimum atomic E-state index is -3.50. The van der Waals surface area contributed by atoms with Crippen molar-refractivity contribution in [2.24, 2.45) is 0 Å². The number of nitrogens with zero attached hydrogens (tertiary/aromatic N) is 1. The summed E-state index contributed by atoms with van der Waals surface area (Å²) >= 11 is 0. The summed E-state index contributed by atoms with van der Waals surface area (Å²) in [5.74, 6) is 0.176. The van der Waals surface area contributed by atoms with Crippen molar-refractivity contribution in [2.75, 3.05) is 18.4 Å². The molecule has 1 aliphatic rings. The maximum atomic E-state index is 12.9. The summed E-state index contributed by atoms with van der Waals surface area (Å²) in [6, 6.07) is 14.8. The van der Waals surface area contributed by atoms with Crippen molar-refractivity contribution in [1.82, 2.24) is 4.31 Å². The minimum absolute atomic E-state index is 0.0853. The Bertz CT molecular complexity index is 1150. The minimum Gasteiger partial charge on any atom is -0.486 e. The Balaban J connectivity index is 1.35. The number of nitrogens with one attached hydrogen (secondary N) is 1. The highest BCUT2D eigenvalue weighted by atomic mass is 32.2. The van der Waals surface area contributed by atoms with Crippen LogP contribution >= 0.6 is 0 Å². The van der Waals surface area contributed by atoms with Crippen LogP contribution in [0.15, 0.2) is 70.0 Å². The number of hydrogen-bond acceptors (Lipinski definition) is 5. The molecule has 0 radical (unpaired) electrons. The first-order valence-electron chi connectivity index (χ1n) is 9.80. The number of hydrogen-bond donors (Lipinski definition) is 1. The first kappa shape index (κ1) is 21.1. The van der Waals surface area contributed by atoms with E-state index in [2.05, 4.69) is 5.32 Å². The molecule has 9 heteroatoms. The zero-order valence-corrected chi connectivity index (χ0v) is 17.4. The molecule has 2 aromatic carbocycles. The number of benzene rings is 2. The van der Waals surface area contributed by atoms with E-state index in [0.29, 0.717) is 30.3 Å². The predicted octanol–water partition coefficient (Wildman–Crippen LogP) is 4.03. The Morgan fingerprint density at radius 2 is 1.68 bits per heavy atom. The molecule has 4 rings (SSSR count). The average Bonchev–Trinajstić information content (AvgIpc) is 3.46. The predicted molar refractivity (Wildman–Crippen MR) is 112 cm³/mol. The van der Waals surface area contributed by atoms with Crippen molar-refractivity contribution in [3.05, 3.63) is 78.0 Å². The number of amides is 1. The zero-order chi connectivity index (χ0) is 21.8. The van der Waals surface area contributed by atoms with E-state index in [1.807, 2.05) is 0 Å². The molecular weight excluding hydrogens is 423 g/mol. The van der Waals surface area contributed by atoms with Gasteiger partial charge in [0.25, 0.3) is 5.91 Å². The van der Waals surface area contributed by atoms with Gasteiger partial charge in [-0.1, -0.05) is 0 Å². The van der Waals surface area contributed by atoms with Crippen LogP contribution in [0.25, 0.3) is 0 Å². The summed E-state index contributed by atoms with van der Waals surface area (Å²) < 4.78 is 50.5. The molecule has 1 aromatic heterocycles. The maximum absolute atomic E-state index is 12.9. The Morgan fingerprint density at radius 1 is 1.00 bits per heavy atom. The lowest BCUT2D eigenvalue weighted by Gasteiger charge is -2.15. The maximum Gasteiger partial charge on any atom is 0.291 e. The third-order valence-corrected chi connectivity index (χ3v) is 6.81. The molecule has 1 N–H and O–H groups in total. The fourth-order valence-electron chi connectivity index (χ4n) is 3.24. The first-order chi connectivity index (χ1) is 14.9. The van der Waals surface area contributed by atoms with Crippen LogP contribution in [0.2, 0.25) is 0 Å². The Labute approximate surface area is 179 Å². The summed E-state index contributed by atoms with van der Waals surface area (Å²) in [4.78, 5) is 12.6. The van der Waals surface area contributed by atoms with Crippen LogP contribution in [0.1, 0.15) is 29.2 Å². The highest BCUT2D eigenvalue weighted by Crippen LogP contribution is 2.23. The normalized spacial score (nSPS) is 14.5. The Kier molecular flexibility index (Phi) is 6.06. The van der Waals surface area contributed by atoms with E-state index in [4.69, 9.17) is 9.15 Å². The van der Waals surface area contributed by atoms with Gasteiger partial charge in [-0.3, -0.25) is 4.79 Å². The van der Waals surface area contributed by atoms with Crippen molar-refractivity contribution in [2.45, 2.75) is 24.3 Å². The van der Waals surface area contributed by atoms with Gasteiger partial charge in [-0.15, -0.1) is 0 Å². The molecule has 1 aliphatic heterocycles. The molecule has 0 saturated carbocycles. The molecule has 162 valence electrons. The van der Waals surface area contributed by atoms with Crippen LogP contribution in [0.3, 0.4) is 0 Å². The summed E-state index contributed by atoms with van der Waals surface area (Å²) in [5.41, 5.74) is 0.450. The standard InChI is InChI=1S/C22H21FN2O5S/c23-16-3-7-18(8-4-16)29-15-19-9-12-21(30-19)22(26)24-17-5-10-20(11-6-17)31(27,28)25-13-1-2-14-25/h3-12H,1-2,13-15H2,(H,24,26). The fraction of sp³-hybridized carbons (Fsp3) is 0.227. The quantitative estimate of drug-likeness (QED) is 0.594. The molecule has 0 aliphatic carbocycles. The van der Waals surface area contributed by atoms with Crippen molar-refractivity contribution in [1.29, 1.82) is 0 Å². The van der Waals surface area contributed by atoms with Gasteiger partial charge in [0.1, 0.15) is 23.9 Å². The van der Waals surface area contributed by atoms with Gasteiger partial charge in [0.05, 0.1) is 4.90 Å². The van der Waals surface area contributed by atoms with Gasteiger partial charge in [-0.25, -0.2) is 12.8 Å². The first-order valence-corrected chi connectivity index (χ1v) is 11.2. The van der Waals surface area contributed by atoms with Crippen molar-refractivity contribution in [3.8, 4) is 5.75 Å². The number of sulfonamides is 1. The summed E-state index contributed by atoms with van der Waals surface area (Å²) in [7, 11) is -3.50. The number of rotatable bonds is 7. The van der Waals surface area contributed by atoms with E-state index >= 15 is 0 Å². The van der Waals surface area contributed by atoms with Crippen LogP contribution < -0.4 is 10.1 Å². The van der Waals surface area contributed by atoms with Gasteiger partial charge in [-0.2, -0.15) is 4.31 Å². The second-order valence-electron chi connectivity index (χ2n) is 7.10. The summed E-state index contributed by atoms with van der Waals surface area (Å²) in [5, 5.41) is 2.68. The third kappa shape index (κ3) is 4.95. The van der Waals surface area contributed by atoms with Crippen molar-refractivity contribution < 1.29 is 26.8 Å². The van der Waals surface area contributed by atoms with Crippen LogP contribution in [0.5, 0.6) is 5.75 Å². The largest absolute Gasteiger partial charge is 0.486 e. The van der Waals surface area contributed by atoms with Gasteiger partial charge >= 0.3 is 0 Å². The molecule has 0 unspecified atom stereocenters. The molecule has 1 amide bonds. The van der Waals surface area contributed by atoms with Gasteiger partial charge in [0.2, 0.25) is 10.0 Å². The van der Waals surface area contributed by atoms with Gasteiger partial charge < -0.3 is 14.5 Å². The van der Waals surface area contributed by atoms with E-state index in [9.17, 15) is 17.6 Å². The van der Waals surface area contributed by atoms with E-state index in [1.165, 1.54) is 46.8 Å². The third-order valence-electron chi connectivity index (χ3n) is 4.90. The van der Waals surface area contributed by atoms with Crippen LogP contribution in [0.4, 0.5) is 10.1 Å². The summed E-state index contributed by atoms with van der Waals surface area (Å²) in [6.45, 7) is 1.15. The fourth-order valence-corrected chi connectivity index (χ4v) is 4.76. The molecule has 2 heterocycles. The second-order valence-corrected chi connectivity index (χ2v) is 9.04. The van der Waals surface area contributed by atoms with E-state index < -0.39 is 15.9 Å². The van der Waals surface area contributed by atoms with Gasteiger partial charge in [0.15, 0.2) is 5.76 Å². The SMILES string of the molecule is O=C(Nc1ccc(S(=O)(=O)N2CCCC2)cc1)c1ccc(COc2ccc(F)cc2)o1. The number of carbonyl (C=O) groups is 1. The molecule has 31 heavy (non-hydrogen) atoms. The number of anilines is 1. The zero-order valence-electron chi connectivity index (χ0n) is 16.6. The molecular formula is C22H21FN2O5S. The highest BCUT2D eigenvalue weighted by molar-refractivity contribution is 7.89. The molecule has 3 aromatic rings. The molecule has 7 nitrogen and oxygen atoms in total. The topological polar surface area (TPSA) is 88.9 Å². The Morgan fingerprint density at radius 3 is 2.35 bits per heavy atom. The van der Waals surface area contributed by atoms with Crippen LogP contribution in [-0.2, 0) is 16.6 Å². The number of ether oxygens (including phenoxy) is 1. The van der Waals surface area contributed by atoms with Gasteiger partial charge in [-0.05, 0) is 73.5 Å².